The van der Waals surface area contributed by atoms with Crippen LogP contribution < -0.4 is 15.4 Å². The van der Waals surface area contributed by atoms with E-state index in [1.54, 1.807) is 51.1 Å². The number of halogens is 2. The van der Waals surface area contributed by atoms with E-state index in [0.29, 0.717) is 22.2 Å². The summed E-state index contributed by atoms with van der Waals surface area (Å²) in [5, 5.41) is 6.56. The number of carbonyl (C=O) groups excluding carboxylic acids is 3. The summed E-state index contributed by atoms with van der Waals surface area (Å²) in [4.78, 5) is 41.3. The van der Waals surface area contributed by atoms with Crippen LogP contribution in [0.25, 0.3) is 0 Å². The summed E-state index contributed by atoms with van der Waals surface area (Å²) in [5.41, 5.74) is 0.0774. The Morgan fingerprint density at radius 1 is 1.06 bits per heavy atom. The van der Waals surface area contributed by atoms with E-state index < -0.39 is 11.7 Å². The minimum atomic E-state index is -0.587. The van der Waals surface area contributed by atoms with Gasteiger partial charge in [-0.1, -0.05) is 23.2 Å². The lowest BCUT2D eigenvalue weighted by atomic mass is 9.38. The Kier molecular flexibility index (Phi) is 7.21. The SMILES string of the molecule is CC(C)(C)OC(=O)NCc1ccnc(C(=O)NC23CC(CC(=O)COc4ccc(Cl)c(Cl)c4)(C2)C3)c1. The zero-order valence-corrected chi connectivity index (χ0v) is 22.0. The van der Waals surface area contributed by atoms with Crippen LogP contribution in [0.3, 0.4) is 0 Å². The summed E-state index contributed by atoms with van der Waals surface area (Å²) in [7, 11) is 0. The third kappa shape index (κ3) is 6.28. The van der Waals surface area contributed by atoms with Gasteiger partial charge in [-0.25, -0.2) is 4.79 Å². The van der Waals surface area contributed by atoms with E-state index in [1.165, 1.54) is 6.20 Å². The van der Waals surface area contributed by atoms with Crippen molar-refractivity contribution >= 4 is 41.0 Å². The van der Waals surface area contributed by atoms with Crippen LogP contribution in [0.2, 0.25) is 10.0 Å². The number of pyridine rings is 1. The van der Waals surface area contributed by atoms with E-state index in [1.807, 2.05) is 0 Å². The van der Waals surface area contributed by atoms with Gasteiger partial charge in [-0.15, -0.1) is 0 Å². The lowest BCUT2D eigenvalue weighted by Gasteiger charge is -2.70. The first-order valence-corrected chi connectivity index (χ1v) is 12.5. The number of amides is 2. The molecule has 1 heterocycles. The van der Waals surface area contributed by atoms with E-state index in [-0.39, 0.29) is 41.5 Å². The Balaban J connectivity index is 1.21. The van der Waals surface area contributed by atoms with Gasteiger partial charge in [0.25, 0.3) is 5.91 Å². The zero-order valence-electron chi connectivity index (χ0n) is 20.5. The fourth-order valence-electron chi connectivity index (χ4n) is 5.02. The third-order valence-electron chi connectivity index (χ3n) is 6.27. The molecule has 0 radical (unpaired) electrons. The van der Waals surface area contributed by atoms with Crippen LogP contribution in [0.15, 0.2) is 36.5 Å². The van der Waals surface area contributed by atoms with Crippen molar-refractivity contribution in [2.45, 2.75) is 64.1 Å². The topological polar surface area (TPSA) is 107 Å². The largest absolute Gasteiger partial charge is 0.486 e. The molecule has 0 aliphatic heterocycles. The van der Waals surface area contributed by atoms with Crippen molar-refractivity contribution in [2.24, 2.45) is 5.41 Å². The Morgan fingerprint density at radius 2 is 1.78 bits per heavy atom. The Hall–Kier alpha value is -2.84. The van der Waals surface area contributed by atoms with Crippen molar-refractivity contribution in [1.82, 2.24) is 15.6 Å². The molecule has 2 bridgehead atoms. The Labute approximate surface area is 220 Å². The zero-order chi connectivity index (χ0) is 26.1. The van der Waals surface area contributed by atoms with Gasteiger partial charge in [-0.3, -0.25) is 14.6 Å². The maximum atomic E-state index is 12.8. The Bertz CT molecular complexity index is 1170. The summed E-state index contributed by atoms with van der Waals surface area (Å²) in [6.45, 7) is 5.55. The average Bonchev–Trinajstić information content (AvgIpc) is 2.75. The van der Waals surface area contributed by atoms with Gasteiger partial charge >= 0.3 is 6.09 Å². The quantitative estimate of drug-likeness (QED) is 0.464. The molecule has 10 heteroatoms. The smallest absolute Gasteiger partial charge is 0.407 e. The molecule has 0 saturated heterocycles. The van der Waals surface area contributed by atoms with Crippen molar-refractivity contribution in [3.05, 3.63) is 57.8 Å². The maximum absolute atomic E-state index is 12.8. The number of benzene rings is 1. The molecule has 8 nitrogen and oxygen atoms in total. The summed E-state index contributed by atoms with van der Waals surface area (Å²) >= 11 is 11.9. The molecule has 2 aromatic rings. The molecule has 2 N–H and O–H groups in total. The number of Topliss-reactive ketones (excluding diaryl/α,β-unsaturated/α-hetero) is 1. The van der Waals surface area contributed by atoms with E-state index in [0.717, 1.165) is 24.8 Å². The van der Waals surface area contributed by atoms with Gasteiger partial charge in [-0.05, 0) is 75.3 Å². The predicted molar refractivity (Wildman–Crippen MR) is 135 cm³/mol. The summed E-state index contributed by atoms with van der Waals surface area (Å²) in [5.74, 6) is 0.236. The van der Waals surface area contributed by atoms with Crippen LogP contribution in [-0.2, 0) is 16.1 Å². The molecule has 0 atom stereocenters. The highest BCUT2D eigenvalue weighted by molar-refractivity contribution is 6.42. The number of ether oxygens (including phenoxy) is 2. The standard InChI is InChI=1S/C26H29Cl2N3O5/c1-24(2,3)36-23(34)30-11-16-6-7-29-21(8-16)22(33)31-26-13-25(14-26,15-26)10-17(32)12-35-18-4-5-19(27)20(28)9-18/h4-9H,10-15H2,1-3H3,(H,30,34)(H,31,33). The number of nitrogens with zero attached hydrogens (tertiary/aromatic N) is 1. The van der Waals surface area contributed by atoms with Gasteiger partial charge in [0.05, 0.1) is 10.0 Å². The first-order valence-electron chi connectivity index (χ1n) is 11.7. The number of aromatic nitrogens is 1. The number of hydrogen-bond acceptors (Lipinski definition) is 6. The van der Waals surface area contributed by atoms with Crippen molar-refractivity contribution in [3.8, 4) is 5.75 Å². The van der Waals surface area contributed by atoms with Gasteiger partial charge in [-0.2, -0.15) is 0 Å². The monoisotopic (exact) mass is 533 g/mol. The van der Waals surface area contributed by atoms with E-state index >= 15 is 0 Å². The number of rotatable bonds is 9. The Morgan fingerprint density at radius 3 is 2.44 bits per heavy atom. The maximum Gasteiger partial charge on any atom is 0.407 e. The molecule has 3 aliphatic rings. The summed E-state index contributed by atoms with van der Waals surface area (Å²) in [6, 6.07) is 8.26. The molecule has 1 aromatic heterocycles. The third-order valence-corrected chi connectivity index (χ3v) is 7.01. The molecule has 192 valence electrons. The second-order valence-corrected chi connectivity index (χ2v) is 11.6. The highest BCUT2D eigenvalue weighted by Crippen LogP contribution is 2.69. The number of carbonyl (C=O) groups is 3. The minimum absolute atomic E-state index is 0.00699. The van der Waals surface area contributed by atoms with Crippen LogP contribution in [0, 0.1) is 5.41 Å². The molecule has 2 amide bonds. The van der Waals surface area contributed by atoms with Crippen molar-refractivity contribution in [1.29, 1.82) is 0 Å². The average molecular weight is 534 g/mol. The summed E-state index contributed by atoms with van der Waals surface area (Å²) < 4.78 is 10.8. The van der Waals surface area contributed by atoms with Crippen LogP contribution >= 0.6 is 23.2 Å². The molecule has 0 unspecified atom stereocenters. The minimum Gasteiger partial charge on any atom is -0.486 e. The number of hydrogen-bond donors (Lipinski definition) is 2. The lowest BCUT2D eigenvalue weighted by molar-refractivity contribution is -0.162. The van der Waals surface area contributed by atoms with Crippen LogP contribution in [0.4, 0.5) is 4.79 Å². The second-order valence-electron chi connectivity index (χ2n) is 10.7. The lowest BCUT2D eigenvalue weighted by Crippen LogP contribution is -2.75. The fraction of sp³-hybridized carbons (Fsp3) is 0.462. The molecule has 3 fully saturated rings. The van der Waals surface area contributed by atoms with Gasteiger partial charge < -0.3 is 20.1 Å². The first-order chi connectivity index (χ1) is 16.9. The second kappa shape index (κ2) is 9.90. The van der Waals surface area contributed by atoms with Crippen LogP contribution in [-0.4, -0.2) is 40.5 Å². The fourth-order valence-corrected chi connectivity index (χ4v) is 5.31. The number of nitrogens with one attached hydrogen (secondary N) is 2. The molecular weight excluding hydrogens is 505 g/mol. The van der Waals surface area contributed by atoms with Gasteiger partial charge in [0.1, 0.15) is 23.7 Å². The van der Waals surface area contributed by atoms with Crippen molar-refractivity contribution in [2.75, 3.05) is 6.61 Å². The van der Waals surface area contributed by atoms with Crippen LogP contribution in [0.5, 0.6) is 5.75 Å². The normalized spacial score (nSPS) is 22.0. The number of ketones is 1. The highest BCUT2D eigenvalue weighted by atomic mass is 35.5. The molecular formula is C26H29Cl2N3O5. The first kappa shape index (κ1) is 26.2. The molecule has 0 spiro atoms. The molecule has 5 rings (SSSR count). The molecule has 1 aromatic carbocycles. The highest BCUT2D eigenvalue weighted by Gasteiger charge is 2.68. The van der Waals surface area contributed by atoms with Gasteiger partial charge in [0.2, 0.25) is 0 Å². The predicted octanol–water partition coefficient (Wildman–Crippen LogP) is 5.10. The molecule has 36 heavy (non-hydrogen) atoms. The van der Waals surface area contributed by atoms with E-state index in [2.05, 4.69) is 15.6 Å². The van der Waals surface area contributed by atoms with Crippen molar-refractivity contribution < 1.29 is 23.9 Å². The van der Waals surface area contributed by atoms with Crippen molar-refractivity contribution in [3.63, 3.8) is 0 Å². The number of alkyl carbamates (subject to hydrolysis) is 1. The van der Waals surface area contributed by atoms with E-state index in [9.17, 15) is 14.4 Å². The molecule has 3 saturated carbocycles. The van der Waals surface area contributed by atoms with Gasteiger partial charge in [0, 0.05) is 30.8 Å². The van der Waals surface area contributed by atoms with Crippen LogP contribution in [0.1, 0.15) is 62.5 Å². The summed E-state index contributed by atoms with van der Waals surface area (Å²) in [6.07, 6.45) is 3.69. The van der Waals surface area contributed by atoms with Gasteiger partial charge in [0.15, 0.2) is 5.78 Å². The van der Waals surface area contributed by atoms with E-state index in [4.69, 9.17) is 32.7 Å². The molecule has 3 aliphatic carbocycles.